The quantitative estimate of drug-likeness (QED) is 0.614. The smallest absolute Gasteiger partial charge is 0.326 e. The van der Waals surface area contributed by atoms with E-state index >= 15 is 0 Å². The second kappa shape index (κ2) is 6.50. The van der Waals surface area contributed by atoms with Gasteiger partial charge in [-0.2, -0.15) is 0 Å². The fraction of sp³-hybridized carbons (Fsp3) is 0.467. The number of hydrogen-bond acceptors (Lipinski definition) is 3. The number of aryl methyl sites for hydroxylation is 1. The summed E-state index contributed by atoms with van der Waals surface area (Å²) in [5.41, 5.74) is 1.36. The third kappa shape index (κ3) is 3.35. The number of esters is 1. The van der Waals surface area contributed by atoms with Crippen molar-refractivity contribution in [1.82, 2.24) is 0 Å². The van der Waals surface area contributed by atoms with E-state index < -0.39 is 5.97 Å². The number of carbonyl (C=O) groups is 2. The van der Waals surface area contributed by atoms with E-state index in [1.807, 2.05) is 6.92 Å². The maximum atomic E-state index is 13.2. The topological polar surface area (TPSA) is 46.6 Å². The van der Waals surface area contributed by atoms with Gasteiger partial charge in [0.25, 0.3) is 0 Å². The van der Waals surface area contributed by atoms with Gasteiger partial charge in [-0.1, -0.05) is 13.3 Å². The Labute approximate surface area is 117 Å². The van der Waals surface area contributed by atoms with E-state index in [1.165, 1.54) is 17.0 Å². The molecule has 0 aromatic heterocycles. The van der Waals surface area contributed by atoms with Gasteiger partial charge in [-0.05, 0) is 36.6 Å². The summed E-state index contributed by atoms with van der Waals surface area (Å²) >= 11 is 0. The van der Waals surface area contributed by atoms with Crippen LogP contribution < -0.4 is 4.90 Å². The van der Waals surface area contributed by atoms with Crippen molar-refractivity contribution < 1.29 is 18.7 Å². The van der Waals surface area contributed by atoms with Crippen molar-refractivity contribution in [2.45, 2.75) is 32.6 Å². The molecule has 0 bridgehead atoms. The molecule has 0 fully saturated rings. The van der Waals surface area contributed by atoms with Crippen LogP contribution in [0.3, 0.4) is 0 Å². The second-order valence-electron chi connectivity index (χ2n) is 4.83. The van der Waals surface area contributed by atoms with Crippen LogP contribution in [0, 0.1) is 5.82 Å². The minimum absolute atomic E-state index is 0.110. The van der Waals surface area contributed by atoms with E-state index in [2.05, 4.69) is 0 Å². The van der Waals surface area contributed by atoms with Crippen molar-refractivity contribution in [3.8, 4) is 0 Å². The summed E-state index contributed by atoms with van der Waals surface area (Å²) in [4.78, 5) is 25.0. The molecule has 0 radical (unpaired) electrons. The van der Waals surface area contributed by atoms with Crippen molar-refractivity contribution in [3.05, 3.63) is 29.6 Å². The first-order valence-electron chi connectivity index (χ1n) is 6.86. The van der Waals surface area contributed by atoms with Crippen molar-refractivity contribution in [2.75, 3.05) is 18.1 Å². The molecule has 0 saturated heterocycles. The Hall–Kier alpha value is -1.91. The molecule has 1 heterocycles. The summed E-state index contributed by atoms with van der Waals surface area (Å²) in [6.07, 6.45) is 2.55. The highest BCUT2D eigenvalue weighted by molar-refractivity contribution is 6.00. The molecule has 1 aliphatic rings. The van der Waals surface area contributed by atoms with Gasteiger partial charge < -0.3 is 9.64 Å². The monoisotopic (exact) mass is 279 g/mol. The molecule has 1 aromatic carbocycles. The van der Waals surface area contributed by atoms with Gasteiger partial charge in [0.2, 0.25) is 5.91 Å². The molecule has 1 amide bonds. The molecular formula is C15H18FNO3. The molecule has 108 valence electrons. The van der Waals surface area contributed by atoms with Crippen LogP contribution in [-0.2, 0) is 20.7 Å². The number of amides is 1. The highest BCUT2D eigenvalue weighted by Crippen LogP contribution is 2.28. The predicted molar refractivity (Wildman–Crippen MR) is 72.9 cm³/mol. The molecule has 5 heteroatoms. The summed E-state index contributed by atoms with van der Waals surface area (Å²) in [6, 6.07) is 4.26. The normalized spacial score (nSPS) is 14.1. The van der Waals surface area contributed by atoms with Gasteiger partial charge in [-0.25, -0.2) is 4.39 Å². The van der Waals surface area contributed by atoms with Gasteiger partial charge in [0.05, 0.1) is 6.61 Å². The Morgan fingerprint density at radius 3 is 2.95 bits per heavy atom. The number of fused-ring (bicyclic) bond motifs is 1. The first-order chi connectivity index (χ1) is 9.61. The van der Waals surface area contributed by atoms with Crippen LogP contribution in [0.5, 0.6) is 0 Å². The summed E-state index contributed by atoms with van der Waals surface area (Å²) < 4.78 is 18.3. The zero-order valence-corrected chi connectivity index (χ0v) is 11.5. The van der Waals surface area contributed by atoms with Crippen molar-refractivity contribution in [1.29, 1.82) is 0 Å². The van der Waals surface area contributed by atoms with E-state index in [-0.39, 0.29) is 18.3 Å². The highest BCUT2D eigenvalue weighted by Gasteiger charge is 2.26. The van der Waals surface area contributed by atoms with Crippen LogP contribution in [0.4, 0.5) is 10.1 Å². The Morgan fingerprint density at radius 1 is 1.40 bits per heavy atom. The maximum absolute atomic E-state index is 13.2. The molecule has 0 aliphatic carbocycles. The predicted octanol–water partition coefficient (Wildman–Crippen LogP) is 2.45. The third-order valence-corrected chi connectivity index (χ3v) is 3.29. The Bertz CT molecular complexity index is 516. The van der Waals surface area contributed by atoms with Crippen LogP contribution in [-0.4, -0.2) is 25.0 Å². The highest BCUT2D eigenvalue weighted by atomic mass is 19.1. The maximum Gasteiger partial charge on any atom is 0.326 e. The second-order valence-corrected chi connectivity index (χ2v) is 4.83. The van der Waals surface area contributed by atoms with Crippen LogP contribution >= 0.6 is 0 Å². The molecule has 2 rings (SSSR count). The molecule has 0 spiro atoms. The van der Waals surface area contributed by atoms with Gasteiger partial charge in [-0.3, -0.25) is 9.59 Å². The van der Waals surface area contributed by atoms with Crippen LogP contribution in [0.15, 0.2) is 18.2 Å². The van der Waals surface area contributed by atoms with Gasteiger partial charge in [0.1, 0.15) is 12.4 Å². The fourth-order valence-corrected chi connectivity index (χ4v) is 2.21. The van der Waals surface area contributed by atoms with Crippen molar-refractivity contribution in [2.24, 2.45) is 0 Å². The number of ether oxygens (including phenoxy) is 1. The largest absolute Gasteiger partial charge is 0.464 e. The van der Waals surface area contributed by atoms with E-state index in [0.29, 0.717) is 25.1 Å². The standard InChI is InChI=1S/C15H18FNO3/c1-2-3-8-20-15(19)10-17-13-6-5-12(16)9-11(13)4-7-14(17)18/h5-6,9H,2-4,7-8,10H2,1H3. The Morgan fingerprint density at radius 2 is 2.20 bits per heavy atom. The fourth-order valence-electron chi connectivity index (χ4n) is 2.21. The SMILES string of the molecule is CCCCOC(=O)CN1C(=O)CCc2cc(F)ccc21. The Balaban J connectivity index is 2.07. The lowest BCUT2D eigenvalue weighted by molar-refractivity contribution is -0.143. The van der Waals surface area contributed by atoms with Crippen LogP contribution in [0.25, 0.3) is 0 Å². The summed E-state index contributed by atoms with van der Waals surface area (Å²) in [5, 5.41) is 0. The summed E-state index contributed by atoms with van der Waals surface area (Å²) in [5.74, 6) is -0.885. The van der Waals surface area contributed by atoms with Crippen molar-refractivity contribution >= 4 is 17.6 Å². The minimum Gasteiger partial charge on any atom is -0.464 e. The third-order valence-electron chi connectivity index (χ3n) is 3.29. The molecule has 1 aliphatic heterocycles. The number of carbonyl (C=O) groups excluding carboxylic acids is 2. The van der Waals surface area contributed by atoms with Gasteiger partial charge in [0.15, 0.2) is 0 Å². The molecule has 1 aromatic rings. The average Bonchev–Trinajstić information content (AvgIpc) is 2.42. The van der Waals surface area contributed by atoms with E-state index in [9.17, 15) is 14.0 Å². The zero-order chi connectivity index (χ0) is 14.5. The molecule has 4 nitrogen and oxygen atoms in total. The Kier molecular flexibility index (Phi) is 4.71. The molecule has 20 heavy (non-hydrogen) atoms. The van der Waals surface area contributed by atoms with Crippen LogP contribution in [0.1, 0.15) is 31.7 Å². The number of anilines is 1. The van der Waals surface area contributed by atoms with E-state index in [4.69, 9.17) is 4.74 Å². The number of nitrogens with zero attached hydrogens (tertiary/aromatic N) is 1. The summed E-state index contributed by atoms with van der Waals surface area (Å²) in [7, 11) is 0. The van der Waals surface area contributed by atoms with E-state index in [0.717, 1.165) is 18.4 Å². The van der Waals surface area contributed by atoms with Crippen LogP contribution in [0.2, 0.25) is 0 Å². The lowest BCUT2D eigenvalue weighted by Gasteiger charge is -2.28. The average molecular weight is 279 g/mol. The van der Waals surface area contributed by atoms with Gasteiger partial charge >= 0.3 is 5.97 Å². The van der Waals surface area contributed by atoms with Gasteiger partial charge in [0, 0.05) is 12.1 Å². The summed E-state index contributed by atoms with van der Waals surface area (Å²) in [6.45, 7) is 2.27. The first-order valence-corrected chi connectivity index (χ1v) is 6.86. The molecular weight excluding hydrogens is 261 g/mol. The number of halogens is 1. The molecule has 0 atom stereocenters. The van der Waals surface area contributed by atoms with Gasteiger partial charge in [-0.15, -0.1) is 0 Å². The zero-order valence-electron chi connectivity index (χ0n) is 11.5. The minimum atomic E-state index is -0.427. The van der Waals surface area contributed by atoms with Crippen molar-refractivity contribution in [3.63, 3.8) is 0 Å². The number of unbranched alkanes of at least 4 members (excludes halogenated alkanes) is 1. The lowest BCUT2D eigenvalue weighted by atomic mass is 10.0. The lowest BCUT2D eigenvalue weighted by Crippen LogP contribution is -2.39. The molecule has 0 N–H and O–H groups in total. The number of hydrogen-bond donors (Lipinski definition) is 0. The number of rotatable bonds is 5. The number of benzene rings is 1. The molecule has 0 unspecified atom stereocenters. The molecule has 0 saturated carbocycles. The van der Waals surface area contributed by atoms with E-state index in [1.54, 1.807) is 6.07 Å². The first kappa shape index (κ1) is 14.5.